The van der Waals surface area contributed by atoms with Crippen LogP contribution in [0.1, 0.15) is 0 Å². The van der Waals surface area contributed by atoms with Gasteiger partial charge in [0.05, 0.1) is 27.6 Å². The first kappa shape index (κ1) is 26.0. The van der Waals surface area contributed by atoms with Gasteiger partial charge in [0.1, 0.15) is 0 Å². The number of hydrogen-bond donors (Lipinski definition) is 0. The molecule has 10 rings (SSSR count). The Labute approximate surface area is 271 Å². The van der Waals surface area contributed by atoms with Crippen molar-refractivity contribution in [2.45, 2.75) is 0 Å². The van der Waals surface area contributed by atoms with Gasteiger partial charge < -0.3 is 13.7 Å². The van der Waals surface area contributed by atoms with Gasteiger partial charge in [-0.2, -0.15) is 0 Å². The Hall–Kier alpha value is -6.32. The van der Waals surface area contributed by atoms with Crippen LogP contribution in [0.5, 0.6) is 0 Å². The van der Waals surface area contributed by atoms with Crippen LogP contribution >= 0.6 is 0 Å². The molecule has 47 heavy (non-hydrogen) atoms. The molecule has 220 valence electrons. The number of nitrogens with zero attached hydrogens (tertiary/aromatic N) is 3. The molecule has 3 heteroatoms. The minimum absolute atomic E-state index is 1.16. The molecule has 3 aromatic heterocycles. The average Bonchev–Trinajstić information content (AvgIpc) is 3.82. The summed E-state index contributed by atoms with van der Waals surface area (Å²) < 4.78 is 7.15. The summed E-state index contributed by atoms with van der Waals surface area (Å²) in [5.41, 5.74) is 12.0. The molecule has 0 aliphatic carbocycles. The summed E-state index contributed by atoms with van der Waals surface area (Å²) in [5, 5.41) is 6.25. The molecule has 3 nitrogen and oxygen atoms in total. The van der Waals surface area contributed by atoms with E-state index in [1.807, 2.05) is 0 Å². The van der Waals surface area contributed by atoms with Gasteiger partial charge in [-0.1, -0.05) is 103 Å². The molecule has 0 spiro atoms. The zero-order valence-corrected chi connectivity index (χ0v) is 25.6. The Kier molecular flexibility index (Phi) is 5.57. The van der Waals surface area contributed by atoms with Crippen molar-refractivity contribution in [1.29, 1.82) is 0 Å². The van der Waals surface area contributed by atoms with Crippen LogP contribution in [-0.2, 0) is 0 Å². The van der Waals surface area contributed by atoms with E-state index >= 15 is 0 Å². The van der Waals surface area contributed by atoms with Crippen LogP contribution in [0.4, 0.5) is 0 Å². The van der Waals surface area contributed by atoms with E-state index in [4.69, 9.17) is 0 Å². The van der Waals surface area contributed by atoms with Crippen LogP contribution in [0.15, 0.2) is 176 Å². The third-order valence-electron chi connectivity index (χ3n) is 9.68. The normalized spacial score (nSPS) is 11.8. The van der Waals surface area contributed by atoms with Crippen molar-refractivity contribution < 1.29 is 0 Å². The fraction of sp³-hybridized carbons (Fsp3) is 0. The van der Waals surface area contributed by atoms with Gasteiger partial charge in [-0.05, 0) is 77.9 Å². The molecule has 10 aromatic rings. The molecule has 0 aliphatic rings. The summed E-state index contributed by atoms with van der Waals surface area (Å²) in [7, 11) is 0. The number of aromatic nitrogens is 3. The largest absolute Gasteiger partial charge is 0.316 e. The van der Waals surface area contributed by atoms with Gasteiger partial charge in [0.15, 0.2) is 0 Å². The summed E-state index contributed by atoms with van der Waals surface area (Å²) in [6.07, 6.45) is 2.20. The lowest BCUT2D eigenvalue weighted by atomic mass is 10.1. The monoisotopic (exact) mass is 599 g/mol. The molecule has 0 saturated heterocycles. The molecule has 0 radical (unpaired) electrons. The van der Waals surface area contributed by atoms with E-state index in [0.717, 1.165) is 17.1 Å². The lowest BCUT2D eigenvalue weighted by molar-refractivity contribution is 1.13. The van der Waals surface area contributed by atoms with Gasteiger partial charge in [-0.25, -0.2) is 0 Å². The van der Waals surface area contributed by atoms with E-state index in [0.29, 0.717) is 0 Å². The van der Waals surface area contributed by atoms with Crippen molar-refractivity contribution in [1.82, 2.24) is 13.7 Å². The number of hydrogen-bond acceptors (Lipinski definition) is 0. The molecule has 0 amide bonds. The first-order chi connectivity index (χ1) is 23.3. The highest BCUT2D eigenvalue weighted by atomic mass is 15.0. The van der Waals surface area contributed by atoms with E-state index in [2.05, 4.69) is 190 Å². The van der Waals surface area contributed by atoms with Gasteiger partial charge in [-0.3, -0.25) is 0 Å². The molecule has 0 bridgehead atoms. The van der Waals surface area contributed by atoms with Crippen molar-refractivity contribution in [2.75, 3.05) is 0 Å². The number of rotatable bonds is 4. The van der Waals surface area contributed by atoms with Crippen LogP contribution in [0.25, 0.3) is 82.7 Å². The maximum Gasteiger partial charge on any atom is 0.0635 e. The van der Waals surface area contributed by atoms with Crippen LogP contribution < -0.4 is 0 Å². The van der Waals surface area contributed by atoms with Crippen LogP contribution in [0.2, 0.25) is 0 Å². The Bertz CT molecular complexity index is 2760. The third-order valence-corrected chi connectivity index (χ3v) is 9.68. The van der Waals surface area contributed by atoms with Crippen molar-refractivity contribution in [3.8, 4) is 28.2 Å². The van der Waals surface area contributed by atoms with Crippen molar-refractivity contribution >= 4 is 54.5 Å². The van der Waals surface area contributed by atoms with Crippen LogP contribution in [0, 0.1) is 0 Å². The maximum atomic E-state index is 2.46. The fourth-order valence-electron chi connectivity index (χ4n) is 7.57. The van der Waals surface area contributed by atoms with Gasteiger partial charge in [0.2, 0.25) is 0 Å². The summed E-state index contributed by atoms with van der Waals surface area (Å²) in [6.45, 7) is 0. The molecule has 0 N–H and O–H groups in total. The molecular formula is C44H29N3. The second-order valence-electron chi connectivity index (χ2n) is 12.2. The van der Waals surface area contributed by atoms with Gasteiger partial charge >= 0.3 is 0 Å². The topological polar surface area (TPSA) is 14.8 Å². The average molecular weight is 600 g/mol. The van der Waals surface area contributed by atoms with E-state index in [1.165, 1.54) is 65.6 Å². The lowest BCUT2D eigenvalue weighted by Crippen LogP contribution is -1.96. The molecule has 0 unspecified atom stereocenters. The summed E-state index contributed by atoms with van der Waals surface area (Å²) >= 11 is 0. The van der Waals surface area contributed by atoms with Crippen LogP contribution in [0.3, 0.4) is 0 Å². The van der Waals surface area contributed by atoms with E-state index < -0.39 is 0 Å². The van der Waals surface area contributed by atoms with Crippen molar-refractivity contribution in [3.63, 3.8) is 0 Å². The predicted molar refractivity (Wildman–Crippen MR) is 197 cm³/mol. The molecule has 0 fully saturated rings. The zero-order chi connectivity index (χ0) is 30.9. The lowest BCUT2D eigenvalue weighted by Gasteiger charge is -2.12. The highest BCUT2D eigenvalue weighted by Crippen LogP contribution is 2.40. The Morgan fingerprint density at radius 2 is 0.872 bits per heavy atom. The molecule has 0 aliphatic heterocycles. The predicted octanol–water partition coefficient (Wildman–Crippen LogP) is 11.5. The summed E-state index contributed by atoms with van der Waals surface area (Å²) in [5.74, 6) is 0. The van der Waals surface area contributed by atoms with E-state index in [1.54, 1.807) is 0 Å². The summed E-state index contributed by atoms with van der Waals surface area (Å²) in [6, 6.07) is 61.4. The third kappa shape index (κ3) is 3.87. The van der Waals surface area contributed by atoms with Gasteiger partial charge in [-0.15, -0.1) is 0 Å². The highest BCUT2D eigenvalue weighted by molar-refractivity contribution is 6.19. The Morgan fingerprint density at radius 1 is 0.298 bits per heavy atom. The zero-order valence-electron chi connectivity index (χ0n) is 25.6. The Balaban J connectivity index is 1.21. The smallest absolute Gasteiger partial charge is 0.0635 e. The maximum absolute atomic E-state index is 2.46. The summed E-state index contributed by atoms with van der Waals surface area (Å²) in [4.78, 5) is 0. The Morgan fingerprint density at radius 3 is 1.64 bits per heavy atom. The van der Waals surface area contributed by atoms with Gasteiger partial charge in [0, 0.05) is 50.2 Å². The first-order valence-corrected chi connectivity index (χ1v) is 16.1. The highest BCUT2D eigenvalue weighted by Gasteiger charge is 2.19. The quantitative estimate of drug-likeness (QED) is 0.191. The second-order valence-corrected chi connectivity index (χ2v) is 12.2. The molecule has 0 saturated carbocycles. The van der Waals surface area contributed by atoms with Gasteiger partial charge in [0.25, 0.3) is 0 Å². The van der Waals surface area contributed by atoms with Crippen molar-refractivity contribution in [2.24, 2.45) is 0 Å². The standard InChI is InChI=1S/C44H29N3/c1-3-11-30(12-4-1)31-19-21-33(22-20-31)46-41-17-9-8-16-36(41)39-29-34(23-25-43(39)46)47-42-18-10-7-15-35(42)37-24-26-40-38(44(37)47)27-28-45(40)32-13-5-2-6-14-32/h1-29H. The number of para-hydroxylation sites is 3. The minimum Gasteiger partial charge on any atom is -0.316 e. The van der Waals surface area contributed by atoms with E-state index in [9.17, 15) is 0 Å². The molecular weight excluding hydrogens is 571 g/mol. The fourth-order valence-corrected chi connectivity index (χ4v) is 7.57. The first-order valence-electron chi connectivity index (χ1n) is 16.1. The van der Waals surface area contributed by atoms with Crippen LogP contribution in [-0.4, -0.2) is 13.7 Å². The van der Waals surface area contributed by atoms with Crippen molar-refractivity contribution in [3.05, 3.63) is 176 Å². The second kappa shape index (κ2) is 10.1. The minimum atomic E-state index is 1.16. The SMILES string of the molecule is c1ccc(-c2ccc(-n3c4ccccc4c4cc(-n5c6ccccc6c6ccc7c(ccn7-c7ccccc7)c65)ccc43)cc2)cc1. The molecule has 3 heterocycles. The molecule has 0 atom stereocenters. The molecule has 7 aromatic carbocycles. The number of benzene rings is 7. The number of fused-ring (bicyclic) bond motifs is 8. The van der Waals surface area contributed by atoms with E-state index in [-0.39, 0.29) is 0 Å².